The highest BCUT2D eigenvalue weighted by Gasteiger charge is 2.41. The van der Waals surface area contributed by atoms with E-state index < -0.39 is 5.97 Å². The van der Waals surface area contributed by atoms with Gasteiger partial charge >= 0.3 is 5.97 Å². The lowest BCUT2D eigenvalue weighted by atomic mass is 9.56. The second-order valence-corrected chi connectivity index (χ2v) is 8.91. The average molecular weight is 361 g/mol. The van der Waals surface area contributed by atoms with Crippen LogP contribution in [0.4, 0.5) is 5.82 Å². The van der Waals surface area contributed by atoms with Crippen molar-refractivity contribution in [1.82, 2.24) is 9.78 Å². The van der Waals surface area contributed by atoms with Crippen molar-refractivity contribution in [2.75, 3.05) is 18.0 Å². The van der Waals surface area contributed by atoms with Gasteiger partial charge in [0.05, 0.1) is 12.3 Å². The summed E-state index contributed by atoms with van der Waals surface area (Å²) in [6.45, 7) is 1.34. The number of aromatic carboxylic acids is 1. The molecular formula is C20H31N3O3. The Morgan fingerprint density at radius 1 is 1.00 bits per heavy atom. The minimum absolute atomic E-state index is 0.221. The molecule has 1 saturated heterocycles. The fourth-order valence-corrected chi connectivity index (χ4v) is 6.02. The number of anilines is 1. The van der Waals surface area contributed by atoms with Crippen LogP contribution in [0.2, 0.25) is 0 Å². The third-order valence-corrected chi connectivity index (χ3v) is 6.90. The summed E-state index contributed by atoms with van der Waals surface area (Å²) in [5.74, 6) is 4.37. The zero-order valence-corrected chi connectivity index (χ0v) is 15.7. The van der Waals surface area contributed by atoms with Crippen LogP contribution in [0.1, 0.15) is 61.7 Å². The van der Waals surface area contributed by atoms with E-state index in [2.05, 4.69) is 5.10 Å². The van der Waals surface area contributed by atoms with E-state index in [9.17, 15) is 9.90 Å². The van der Waals surface area contributed by atoms with E-state index in [1.54, 1.807) is 50.3 Å². The summed E-state index contributed by atoms with van der Waals surface area (Å²) < 4.78 is 1.57. The maximum absolute atomic E-state index is 11.0. The monoisotopic (exact) mass is 361 g/mol. The maximum Gasteiger partial charge on any atom is 0.341 e. The van der Waals surface area contributed by atoms with Crippen LogP contribution in [0.25, 0.3) is 0 Å². The molecule has 1 aliphatic heterocycles. The number of nitrogens with zero attached hydrogens (tertiary/aromatic N) is 3. The quantitative estimate of drug-likeness (QED) is 0.847. The van der Waals surface area contributed by atoms with Gasteiger partial charge in [0.1, 0.15) is 11.4 Å². The summed E-state index contributed by atoms with van der Waals surface area (Å²) in [5.41, 5.74) is 0.221. The second-order valence-electron chi connectivity index (χ2n) is 8.91. The highest BCUT2D eigenvalue weighted by molar-refractivity contribution is 5.93. The number of hydrogen-bond acceptors (Lipinski definition) is 4. The predicted molar refractivity (Wildman–Crippen MR) is 99.3 cm³/mol. The molecule has 2 N–H and O–H groups in total. The Morgan fingerprint density at radius 3 is 1.88 bits per heavy atom. The molecule has 0 aromatic carbocycles. The Morgan fingerprint density at radius 2 is 1.46 bits per heavy atom. The van der Waals surface area contributed by atoms with Crippen molar-refractivity contribution < 1.29 is 15.0 Å². The molecule has 0 amide bonds. The largest absolute Gasteiger partial charge is 0.477 e. The van der Waals surface area contributed by atoms with Crippen molar-refractivity contribution in [3.8, 4) is 0 Å². The molecule has 0 radical (unpaired) electrons. The maximum atomic E-state index is 11.0. The first-order valence-corrected chi connectivity index (χ1v) is 10.2. The Bertz CT molecular complexity index is 592. The summed E-state index contributed by atoms with van der Waals surface area (Å²) >= 11 is 0. The first-order valence-electron chi connectivity index (χ1n) is 10.2. The summed E-state index contributed by atoms with van der Waals surface area (Å²) in [4.78, 5) is 13.0. The van der Waals surface area contributed by atoms with Crippen molar-refractivity contribution in [3.05, 3.63) is 11.8 Å². The number of carboxylic acid groups (broad SMARTS) is 1. The third kappa shape index (κ3) is 3.61. The Balaban J connectivity index is 0.000000142. The molecule has 6 nitrogen and oxygen atoms in total. The van der Waals surface area contributed by atoms with Crippen LogP contribution in [-0.4, -0.2) is 45.2 Å². The van der Waals surface area contributed by atoms with Crippen LogP contribution in [0.5, 0.6) is 0 Å². The number of aryl methyl sites for hydroxylation is 1. The zero-order chi connectivity index (χ0) is 18.3. The molecule has 1 aromatic rings. The van der Waals surface area contributed by atoms with Gasteiger partial charge in [-0.25, -0.2) is 4.79 Å². The lowest BCUT2D eigenvalue weighted by Crippen LogP contribution is -2.38. The van der Waals surface area contributed by atoms with Crippen LogP contribution >= 0.6 is 0 Å². The number of hydrogen-bond donors (Lipinski definition) is 2. The van der Waals surface area contributed by atoms with Gasteiger partial charge in [0.25, 0.3) is 0 Å². The fourth-order valence-electron chi connectivity index (χ4n) is 6.02. The Hall–Kier alpha value is -1.56. The standard InChI is InChI=1S/C10H15N3O3.C10H16/c1-12-9(8(6-11-12)10(15)16)13-4-2-7(14)3-5-13;1-7-2-9-4-8(1)5-10(3-7)6-9/h6-7,14H,2-5H2,1H3,(H,15,16);7-10H,1-6H2. The zero-order valence-electron chi connectivity index (χ0n) is 15.7. The van der Waals surface area contributed by atoms with Gasteiger partial charge in [0.15, 0.2) is 0 Å². The molecule has 4 bridgehead atoms. The van der Waals surface area contributed by atoms with Crippen LogP contribution in [0.3, 0.4) is 0 Å². The van der Waals surface area contributed by atoms with Crippen molar-refractivity contribution in [3.63, 3.8) is 0 Å². The molecule has 1 aromatic heterocycles. The molecule has 5 fully saturated rings. The van der Waals surface area contributed by atoms with Crippen molar-refractivity contribution in [2.45, 2.75) is 57.5 Å². The molecule has 2 heterocycles. The van der Waals surface area contributed by atoms with E-state index in [4.69, 9.17) is 5.11 Å². The highest BCUT2D eigenvalue weighted by Crippen LogP contribution is 2.53. The van der Waals surface area contributed by atoms with Gasteiger partial charge in [-0.2, -0.15) is 5.10 Å². The Labute approximate surface area is 155 Å². The fraction of sp³-hybridized carbons (Fsp3) is 0.800. The van der Waals surface area contributed by atoms with Crippen LogP contribution in [-0.2, 0) is 7.05 Å². The van der Waals surface area contributed by atoms with E-state index in [1.165, 1.54) is 29.9 Å². The van der Waals surface area contributed by atoms with Gasteiger partial charge in [-0.05, 0) is 75.0 Å². The average Bonchev–Trinajstić information content (AvgIpc) is 2.97. The molecule has 0 atom stereocenters. The number of carbonyl (C=O) groups is 1. The number of aliphatic hydroxyl groups is 1. The van der Waals surface area contributed by atoms with Gasteiger partial charge in [-0.15, -0.1) is 0 Å². The Kier molecular flexibility index (Phi) is 4.95. The van der Waals surface area contributed by atoms with E-state index in [1.807, 2.05) is 4.90 Å². The highest BCUT2D eigenvalue weighted by atomic mass is 16.4. The summed E-state index contributed by atoms with van der Waals surface area (Å²) in [5, 5.41) is 22.4. The topological polar surface area (TPSA) is 78.6 Å². The van der Waals surface area contributed by atoms with Crippen molar-refractivity contribution in [1.29, 1.82) is 0 Å². The van der Waals surface area contributed by atoms with E-state index in [-0.39, 0.29) is 11.7 Å². The molecular weight excluding hydrogens is 330 g/mol. The van der Waals surface area contributed by atoms with E-state index in [0.29, 0.717) is 31.7 Å². The van der Waals surface area contributed by atoms with Gasteiger partial charge < -0.3 is 15.1 Å². The number of carboxylic acids is 1. The summed E-state index contributed by atoms with van der Waals surface area (Å²) in [7, 11) is 1.73. The molecule has 6 heteroatoms. The molecule has 0 unspecified atom stereocenters. The van der Waals surface area contributed by atoms with E-state index >= 15 is 0 Å². The number of aromatic nitrogens is 2. The minimum Gasteiger partial charge on any atom is -0.477 e. The summed E-state index contributed by atoms with van der Waals surface area (Å²) in [6.07, 6.45) is 12.1. The van der Waals surface area contributed by atoms with Gasteiger partial charge in [-0.1, -0.05) is 0 Å². The summed E-state index contributed by atoms with van der Waals surface area (Å²) in [6, 6.07) is 0. The molecule has 26 heavy (non-hydrogen) atoms. The lowest BCUT2D eigenvalue weighted by molar-refractivity contribution is 0.0198. The first kappa shape index (κ1) is 17.8. The van der Waals surface area contributed by atoms with Gasteiger partial charge in [0.2, 0.25) is 0 Å². The molecule has 4 aliphatic carbocycles. The number of piperidine rings is 1. The third-order valence-electron chi connectivity index (χ3n) is 6.90. The van der Waals surface area contributed by atoms with E-state index in [0.717, 1.165) is 0 Å². The predicted octanol–water partition coefficient (Wildman–Crippen LogP) is 2.91. The van der Waals surface area contributed by atoms with Crippen molar-refractivity contribution in [2.24, 2.45) is 30.7 Å². The van der Waals surface area contributed by atoms with Gasteiger partial charge in [-0.3, -0.25) is 4.68 Å². The molecule has 0 spiro atoms. The molecule has 6 rings (SSSR count). The van der Waals surface area contributed by atoms with Crippen LogP contribution in [0.15, 0.2) is 6.20 Å². The smallest absolute Gasteiger partial charge is 0.341 e. The lowest BCUT2D eigenvalue weighted by Gasteiger charge is -2.49. The SMILES string of the molecule is C1C2CC3CC1CC(C2)C3.Cn1ncc(C(=O)O)c1N1CCC(O)CC1. The number of rotatable bonds is 2. The van der Waals surface area contributed by atoms with Crippen molar-refractivity contribution >= 4 is 11.8 Å². The number of aliphatic hydroxyl groups excluding tert-OH is 1. The van der Waals surface area contributed by atoms with Crippen LogP contribution < -0.4 is 4.90 Å². The van der Waals surface area contributed by atoms with Crippen LogP contribution in [0, 0.1) is 23.7 Å². The molecule has 144 valence electrons. The molecule has 5 aliphatic rings. The molecule has 4 saturated carbocycles. The minimum atomic E-state index is -0.964. The first-order chi connectivity index (χ1) is 12.5. The van der Waals surface area contributed by atoms with Gasteiger partial charge in [0, 0.05) is 20.1 Å². The second kappa shape index (κ2) is 7.22. The normalized spacial score (nSPS) is 33.1.